The Morgan fingerprint density at radius 3 is 2.71 bits per heavy atom. The van der Waals surface area contributed by atoms with Crippen LogP contribution in [0.1, 0.15) is 31.2 Å². The second-order valence-electron chi connectivity index (χ2n) is 6.03. The van der Waals surface area contributed by atoms with Crippen molar-refractivity contribution in [3.8, 4) is 11.5 Å². The van der Waals surface area contributed by atoms with Crippen molar-refractivity contribution in [2.75, 3.05) is 45.1 Å². The van der Waals surface area contributed by atoms with Crippen LogP contribution in [0.4, 0.5) is 0 Å². The van der Waals surface area contributed by atoms with E-state index in [1.165, 1.54) is 0 Å². The second kappa shape index (κ2) is 8.12. The number of carbonyl (C=O) groups is 1. The van der Waals surface area contributed by atoms with E-state index in [1.807, 2.05) is 17.0 Å². The number of carbonyl (C=O) groups excluding carboxylic acids is 1. The lowest BCUT2D eigenvalue weighted by Crippen LogP contribution is -2.32. The zero-order chi connectivity index (χ0) is 16.9. The minimum Gasteiger partial charge on any atom is -0.486 e. The number of rotatable bonds is 7. The van der Waals surface area contributed by atoms with E-state index in [0.29, 0.717) is 19.0 Å². The molecular formula is C18H26N2O3S. The van der Waals surface area contributed by atoms with Gasteiger partial charge in [0.05, 0.1) is 5.75 Å². The summed E-state index contributed by atoms with van der Waals surface area (Å²) in [4.78, 5) is 16.7. The van der Waals surface area contributed by atoms with Gasteiger partial charge in [0.15, 0.2) is 11.5 Å². The van der Waals surface area contributed by atoms with E-state index in [0.717, 1.165) is 49.7 Å². The van der Waals surface area contributed by atoms with Crippen molar-refractivity contribution in [3.63, 3.8) is 0 Å². The summed E-state index contributed by atoms with van der Waals surface area (Å²) in [6, 6.07) is 6.05. The molecule has 1 atom stereocenters. The first-order chi connectivity index (χ1) is 11.7. The quantitative estimate of drug-likeness (QED) is 0.756. The summed E-state index contributed by atoms with van der Waals surface area (Å²) < 4.78 is 11.3. The summed E-state index contributed by atoms with van der Waals surface area (Å²) in [5, 5.41) is 0.0880. The van der Waals surface area contributed by atoms with Crippen LogP contribution in [0.25, 0.3) is 0 Å². The van der Waals surface area contributed by atoms with Crippen molar-refractivity contribution in [3.05, 3.63) is 23.8 Å². The Morgan fingerprint density at radius 1 is 1.21 bits per heavy atom. The molecule has 24 heavy (non-hydrogen) atoms. The van der Waals surface area contributed by atoms with Crippen LogP contribution in [-0.4, -0.2) is 60.9 Å². The molecule has 0 N–H and O–H groups in total. The second-order valence-corrected chi connectivity index (χ2v) is 7.10. The molecule has 6 heteroatoms. The standard InChI is InChI=1S/C18H26N2O3S/c1-3-19(4-2)8-5-9-20-17(21)13-24-18(20)14-6-7-15-16(12-14)23-11-10-22-15/h6-7,12,18H,3-5,8-11,13H2,1-2H3. The number of ether oxygens (including phenoxy) is 2. The molecule has 2 heterocycles. The number of nitrogens with zero attached hydrogens (tertiary/aromatic N) is 2. The van der Waals surface area contributed by atoms with E-state index in [1.54, 1.807) is 11.8 Å². The lowest BCUT2D eigenvalue weighted by Gasteiger charge is -2.27. The number of thioether (sulfide) groups is 1. The molecule has 0 bridgehead atoms. The molecule has 2 aliphatic rings. The van der Waals surface area contributed by atoms with Gasteiger partial charge in [-0.25, -0.2) is 0 Å². The van der Waals surface area contributed by atoms with Gasteiger partial charge in [-0.2, -0.15) is 0 Å². The summed E-state index contributed by atoms with van der Waals surface area (Å²) in [5.74, 6) is 2.39. The van der Waals surface area contributed by atoms with Crippen molar-refractivity contribution in [2.24, 2.45) is 0 Å². The van der Waals surface area contributed by atoms with E-state index in [2.05, 4.69) is 24.8 Å². The van der Waals surface area contributed by atoms with Crippen LogP contribution in [0, 0.1) is 0 Å². The Morgan fingerprint density at radius 2 is 1.96 bits per heavy atom. The normalized spacial score (nSPS) is 20.0. The van der Waals surface area contributed by atoms with E-state index in [-0.39, 0.29) is 11.3 Å². The highest BCUT2D eigenvalue weighted by Crippen LogP contribution is 2.42. The van der Waals surface area contributed by atoms with Gasteiger partial charge in [-0.15, -0.1) is 11.8 Å². The van der Waals surface area contributed by atoms with Gasteiger partial charge in [0.2, 0.25) is 5.91 Å². The zero-order valence-electron chi connectivity index (χ0n) is 14.5. The third-order valence-electron chi connectivity index (χ3n) is 4.59. The predicted octanol–water partition coefficient (Wildman–Crippen LogP) is 2.76. The molecule has 5 nitrogen and oxygen atoms in total. The Labute approximate surface area is 148 Å². The first-order valence-electron chi connectivity index (χ1n) is 8.76. The van der Waals surface area contributed by atoms with Gasteiger partial charge in [0.25, 0.3) is 0 Å². The third kappa shape index (κ3) is 3.81. The van der Waals surface area contributed by atoms with Crippen LogP contribution < -0.4 is 9.47 Å². The Balaban J connectivity index is 1.66. The van der Waals surface area contributed by atoms with Gasteiger partial charge >= 0.3 is 0 Å². The molecule has 0 saturated carbocycles. The highest BCUT2D eigenvalue weighted by molar-refractivity contribution is 8.00. The van der Waals surface area contributed by atoms with E-state index in [4.69, 9.17) is 9.47 Å². The fraction of sp³-hybridized carbons (Fsp3) is 0.611. The van der Waals surface area contributed by atoms with Crippen LogP contribution in [0.5, 0.6) is 11.5 Å². The van der Waals surface area contributed by atoms with Gasteiger partial charge in [-0.3, -0.25) is 4.79 Å². The van der Waals surface area contributed by atoms with Gasteiger partial charge in [0, 0.05) is 6.54 Å². The van der Waals surface area contributed by atoms with Crippen LogP contribution >= 0.6 is 11.8 Å². The van der Waals surface area contributed by atoms with Crippen molar-refractivity contribution in [1.29, 1.82) is 0 Å². The maximum absolute atomic E-state index is 12.3. The molecule has 0 aromatic heterocycles. The number of amides is 1. The maximum atomic E-state index is 12.3. The summed E-state index contributed by atoms with van der Waals surface area (Å²) in [5.41, 5.74) is 1.12. The van der Waals surface area contributed by atoms with E-state index >= 15 is 0 Å². The number of hydrogen-bond acceptors (Lipinski definition) is 5. The maximum Gasteiger partial charge on any atom is 0.233 e. The highest BCUT2D eigenvalue weighted by Gasteiger charge is 2.33. The minimum atomic E-state index is 0.0880. The van der Waals surface area contributed by atoms with Crippen molar-refractivity contribution in [2.45, 2.75) is 25.6 Å². The Bertz CT molecular complexity index is 577. The lowest BCUT2D eigenvalue weighted by molar-refractivity contribution is -0.128. The summed E-state index contributed by atoms with van der Waals surface area (Å²) in [7, 11) is 0. The zero-order valence-corrected chi connectivity index (χ0v) is 15.3. The third-order valence-corrected chi connectivity index (χ3v) is 5.84. The molecule has 0 spiro atoms. The summed E-state index contributed by atoms with van der Waals surface area (Å²) in [6.07, 6.45) is 1.01. The molecule has 0 radical (unpaired) electrons. The number of hydrogen-bond donors (Lipinski definition) is 0. The molecular weight excluding hydrogens is 324 g/mol. The topological polar surface area (TPSA) is 42.0 Å². The molecule has 3 rings (SSSR count). The molecule has 1 amide bonds. The van der Waals surface area contributed by atoms with Crippen LogP contribution in [0.2, 0.25) is 0 Å². The Hall–Kier alpha value is -1.40. The van der Waals surface area contributed by atoms with Crippen molar-refractivity contribution >= 4 is 17.7 Å². The number of fused-ring (bicyclic) bond motifs is 1. The van der Waals surface area contributed by atoms with Gasteiger partial charge in [0.1, 0.15) is 18.6 Å². The lowest BCUT2D eigenvalue weighted by atomic mass is 10.1. The Kier molecular flexibility index (Phi) is 5.89. The molecule has 1 aromatic carbocycles. The monoisotopic (exact) mass is 350 g/mol. The molecule has 1 aromatic rings. The minimum absolute atomic E-state index is 0.0880. The fourth-order valence-electron chi connectivity index (χ4n) is 3.19. The average Bonchev–Trinajstić information content (AvgIpc) is 2.99. The van der Waals surface area contributed by atoms with E-state index in [9.17, 15) is 4.79 Å². The number of benzene rings is 1. The molecule has 1 unspecified atom stereocenters. The molecule has 132 valence electrons. The van der Waals surface area contributed by atoms with Gasteiger partial charge in [-0.1, -0.05) is 19.9 Å². The first kappa shape index (κ1) is 17.4. The molecule has 1 fully saturated rings. The van der Waals surface area contributed by atoms with Crippen LogP contribution in [-0.2, 0) is 4.79 Å². The van der Waals surface area contributed by atoms with Gasteiger partial charge in [-0.05, 0) is 43.8 Å². The average molecular weight is 350 g/mol. The van der Waals surface area contributed by atoms with Crippen molar-refractivity contribution < 1.29 is 14.3 Å². The smallest absolute Gasteiger partial charge is 0.233 e. The molecule has 0 aliphatic carbocycles. The van der Waals surface area contributed by atoms with Crippen LogP contribution in [0.3, 0.4) is 0 Å². The largest absolute Gasteiger partial charge is 0.486 e. The van der Waals surface area contributed by atoms with E-state index < -0.39 is 0 Å². The molecule has 2 aliphatic heterocycles. The predicted molar refractivity (Wildman–Crippen MR) is 96.7 cm³/mol. The summed E-state index contributed by atoms with van der Waals surface area (Å²) in [6.45, 7) is 9.50. The molecule has 1 saturated heterocycles. The first-order valence-corrected chi connectivity index (χ1v) is 9.80. The van der Waals surface area contributed by atoms with Gasteiger partial charge < -0.3 is 19.3 Å². The SMILES string of the molecule is CCN(CC)CCCN1C(=O)CSC1c1ccc2c(c1)OCCO2. The van der Waals surface area contributed by atoms with Crippen molar-refractivity contribution in [1.82, 2.24) is 9.80 Å². The fourth-order valence-corrected chi connectivity index (χ4v) is 4.40. The summed E-state index contributed by atoms with van der Waals surface area (Å²) >= 11 is 1.70. The highest BCUT2D eigenvalue weighted by atomic mass is 32.2. The van der Waals surface area contributed by atoms with Crippen LogP contribution in [0.15, 0.2) is 18.2 Å².